The van der Waals surface area contributed by atoms with Gasteiger partial charge in [0.05, 0.1) is 11.6 Å². The maximum absolute atomic E-state index is 12.8. The molecule has 0 spiro atoms. The van der Waals surface area contributed by atoms with Crippen molar-refractivity contribution in [3.8, 4) is 0 Å². The number of nitrogens with one attached hydrogen (secondary N) is 3. The molecule has 3 atom stereocenters. The number of hydrogen-bond donors (Lipinski definition) is 3. The van der Waals surface area contributed by atoms with E-state index in [1.165, 1.54) is 0 Å². The van der Waals surface area contributed by atoms with E-state index in [1.54, 1.807) is 17.7 Å². The van der Waals surface area contributed by atoms with Crippen LogP contribution in [0.2, 0.25) is 0 Å². The van der Waals surface area contributed by atoms with Crippen LogP contribution in [0.1, 0.15) is 32.6 Å². The van der Waals surface area contributed by atoms with Crippen LogP contribution in [0.4, 0.5) is 5.82 Å². The number of anilines is 1. The van der Waals surface area contributed by atoms with Crippen LogP contribution in [0, 0.1) is 0 Å². The van der Waals surface area contributed by atoms with Crippen molar-refractivity contribution in [2.24, 2.45) is 0 Å². The summed E-state index contributed by atoms with van der Waals surface area (Å²) < 4.78 is 0. The lowest BCUT2D eigenvalue weighted by molar-refractivity contribution is -0.123. The average molecular weight is 346 g/mol. The van der Waals surface area contributed by atoms with Crippen molar-refractivity contribution >= 4 is 33.3 Å². The minimum Gasteiger partial charge on any atom is -0.344 e. The van der Waals surface area contributed by atoms with Gasteiger partial charge in [-0.2, -0.15) is 0 Å². The number of carbonyl (C=O) groups excluding carboxylic acids is 1. The molecule has 24 heavy (non-hydrogen) atoms. The molecular formula is C16H22N6OS. The first-order valence-electron chi connectivity index (χ1n) is 8.52. The van der Waals surface area contributed by atoms with E-state index >= 15 is 0 Å². The zero-order valence-corrected chi connectivity index (χ0v) is 14.5. The molecule has 0 bridgehead atoms. The normalized spacial score (nSPS) is 27.0. The predicted molar refractivity (Wildman–Crippen MR) is 94.7 cm³/mol. The molecular weight excluding hydrogens is 324 g/mol. The lowest BCUT2D eigenvalue weighted by Crippen LogP contribution is -2.51. The van der Waals surface area contributed by atoms with Crippen LogP contribution in [-0.2, 0) is 4.79 Å². The van der Waals surface area contributed by atoms with Crippen LogP contribution >= 0.6 is 11.3 Å². The van der Waals surface area contributed by atoms with Crippen molar-refractivity contribution in [1.82, 2.24) is 26.1 Å². The fraction of sp³-hybridized carbons (Fsp3) is 0.562. The van der Waals surface area contributed by atoms with Crippen LogP contribution < -0.4 is 21.1 Å². The number of aromatic nitrogens is 2. The molecule has 4 rings (SSSR count). The van der Waals surface area contributed by atoms with E-state index in [4.69, 9.17) is 0 Å². The largest absolute Gasteiger partial charge is 0.344 e. The van der Waals surface area contributed by atoms with Crippen molar-refractivity contribution in [1.29, 1.82) is 0 Å². The summed E-state index contributed by atoms with van der Waals surface area (Å²) in [5.41, 5.74) is 6.39. The minimum absolute atomic E-state index is 0.00327. The molecule has 0 aliphatic carbocycles. The Morgan fingerprint density at radius 1 is 1.46 bits per heavy atom. The van der Waals surface area contributed by atoms with Gasteiger partial charge in [0.15, 0.2) is 0 Å². The van der Waals surface area contributed by atoms with E-state index in [9.17, 15) is 4.79 Å². The van der Waals surface area contributed by atoms with Crippen LogP contribution in [0.25, 0.3) is 10.2 Å². The summed E-state index contributed by atoms with van der Waals surface area (Å²) in [6.45, 7) is 3.00. The summed E-state index contributed by atoms with van der Waals surface area (Å²) in [6.07, 6.45) is 5.41. The highest BCUT2D eigenvalue weighted by atomic mass is 32.1. The van der Waals surface area contributed by atoms with Crippen LogP contribution in [0.15, 0.2) is 17.8 Å². The molecule has 0 saturated carbocycles. The summed E-state index contributed by atoms with van der Waals surface area (Å²) in [5, 5.41) is 6.19. The van der Waals surface area contributed by atoms with Gasteiger partial charge in [-0.3, -0.25) is 10.2 Å². The second-order valence-electron chi connectivity index (χ2n) is 6.38. The summed E-state index contributed by atoms with van der Waals surface area (Å²) in [5.74, 6) is 0.952. The number of amides is 1. The molecule has 0 aromatic carbocycles. The zero-order valence-electron chi connectivity index (χ0n) is 13.7. The van der Waals surface area contributed by atoms with E-state index in [0.717, 1.165) is 48.3 Å². The van der Waals surface area contributed by atoms with Gasteiger partial charge in [-0.1, -0.05) is 6.92 Å². The Balaban J connectivity index is 1.50. The van der Waals surface area contributed by atoms with Crippen molar-refractivity contribution in [2.75, 3.05) is 11.4 Å². The molecule has 4 heterocycles. The standard InChI is InChI=1S/C16H22N6OS/c1-2-10-8-13(21-20-10)19-15(23)12-4-3-6-22(12)14-11-5-7-24-16(11)18-9-17-14/h5,7,9-10,12-13,20-21H,2-4,6,8H2,1H3,(H,19,23). The Morgan fingerprint density at radius 3 is 3.21 bits per heavy atom. The van der Waals surface area contributed by atoms with E-state index < -0.39 is 0 Å². The molecule has 3 N–H and O–H groups in total. The topological polar surface area (TPSA) is 82.2 Å². The highest BCUT2D eigenvalue weighted by molar-refractivity contribution is 7.16. The van der Waals surface area contributed by atoms with Crippen LogP contribution in [0.3, 0.4) is 0 Å². The second kappa shape index (κ2) is 6.62. The maximum atomic E-state index is 12.8. The molecule has 1 amide bonds. The van der Waals surface area contributed by atoms with Crippen molar-refractivity contribution < 1.29 is 4.79 Å². The molecule has 0 radical (unpaired) electrons. The zero-order chi connectivity index (χ0) is 16.5. The number of rotatable bonds is 4. The molecule has 2 aromatic rings. The maximum Gasteiger partial charge on any atom is 0.244 e. The third-order valence-electron chi connectivity index (χ3n) is 4.86. The number of hydrogen-bond acceptors (Lipinski definition) is 7. The van der Waals surface area contributed by atoms with Gasteiger partial charge < -0.3 is 10.2 Å². The number of carbonyl (C=O) groups is 1. The van der Waals surface area contributed by atoms with E-state index in [1.807, 2.05) is 11.4 Å². The number of thiophene rings is 1. The number of nitrogens with zero attached hydrogens (tertiary/aromatic N) is 3. The van der Waals surface area contributed by atoms with Crippen LogP contribution in [0.5, 0.6) is 0 Å². The minimum atomic E-state index is -0.162. The number of fused-ring (bicyclic) bond motifs is 1. The predicted octanol–water partition coefficient (Wildman–Crippen LogP) is 1.38. The molecule has 8 heteroatoms. The van der Waals surface area contributed by atoms with Crippen molar-refractivity contribution in [3.63, 3.8) is 0 Å². The van der Waals surface area contributed by atoms with Gasteiger partial charge in [0.1, 0.15) is 23.0 Å². The molecule has 2 aliphatic rings. The van der Waals surface area contributed by atoms with Gasteiger partial charge in [0.2, 0.25) is 5.91 Å². The smallest absolute Gasteiger partial charge is 0.244 e. The molecule has 7 nitrogen and oxygen atoms in total. The molecule has 128 valence electrons. The average Bonchev–Trinajstić information content (AvgIpc) is 3.33. The fourth-order valence-corrected chi connectivity index (χ4v) is 4.28. The molecule has 2 aromatic heterocycles. The summed E-state index contributed by atoms with van der Waals surface area (Å²) in [6, 6.07) is 2.30. The first-order chi connectivity index (χ1) is 11.8. The van der Waals surface area contributed by atoms with Crippen molar-refractivity contribution in [2.45, 2.75) is 50.9 Å². The highest BCUT2D eigenvalue weighted by Crippen LogP contribution is 2.31. The van der Waals surface area contributed by atoms with Gasteiger partial charge in [-0.25, -0.2) is 15.4 Å². The van der Waals surface area contributed by atoms with Crippen LogP contribution in [-0.4, -0.2) is 40.7 Å². The quantitative estimate of drug-likeness (QED) is 0.776. The van der Waals surface area contributed by atoms with Gasteiger partial charge in [-0.05, 0) is 37.1 Å². The summed E-state index contributed by atoms with van der Waals surface area (Å²) in [4.78, 5) is 24.7. The van der Waals surface area contributed by atoms with Gasteiger partial charge >= 0.3 is 0 Å². The van der Waals surface area contributed by atoms with E-state index in [-0.39, 0.29) is 18.1 Å². The molecule has 3 unspecified atom stereocenters. The second-order valence-corrected chi connectivity index (χ2v) is 7.27. The Morgan fingerprint density at radius 2 is 2.38 bits per heavy atom. The Bertz CT molecular complexity index is 734. The lowest BCUT2D eigenvalue weighted by atomic mass is 10.1. The third-order valence-corrected chi connectivity index (χ3v) is 5.68. The number of hydrazine groups is 1. The van der Waals surface area contributed by atoms with Gasteiger partial charge in [-0.15, -0.1) is 11.3 Å². The first-order valence-corrected chi connectivity index (χ1v) is 9.40. The summed E-state index contributed by atoms with van der Waals surface area (Å²) >= 11 is 1.60. The Hall–Kier alpha value is -1.77. The fourth-order valence-electron chi connectivity index (χ4n) is 3.55. The highest BCUT2D eigenvalue weighted by Gasteiger charge is 2.34. The molecule has 2 saturated heterocycles. The van der Waals surface area contributed by atoms with E-state index in [2.05, 4.69) is 38.0 Å². The Kier molecular flexibility index (Phi) is 4.34. The van der Waals surface area contributed by atoms with Crippen molar-refractivity contribution in [3.05, 3.63) is 17.8 Å². The molecule has 2 aliphatic heterocycles. The van der Waals surface area contributed by atoms with E-state index in [0.29, 0.717) is 6.04 Å². The SMILES string of the molecule is CCC1CC(NC(=O)C2CCCN2c2ncnc3sccc23)NN1. The monoisotopic (exact) mass is 346 g/mol. The summed E-state index contributed by atoms with van der Waals surface area (Å²) in [7, 11) is 0. The third kappa shape index (κ3) is 2.85. The van der Waals surface area contributed by atoms with Gasteiger partial charge in [0, 0.05) is 12.6 Å². The lowest BCUT2D eigenvalue weighted by Gasteiger charge is -2.26. The first kappa shape index (κ1) is 15.7. The molecule has 2 fully saturated rings. The van der Waals surface area contributed by atoms with Gasteiger partial charge in [0.25, 0.3) is 0 Å². The Labute approximate surface area is 144 Å².